The molecule has 0 aliphatic heterocycles. The van der Waals surface area contributed by atoms with Crippen LogP contribution in [0.3, 0.4) is 0 Å². The van der Waals surface area contributed by atoms with Crippen molar-refractivity contribution in [2.75, 3.05) is 0 Å². The van der Waals surface area contributed by atoms with Gasteiger partial charge in [0.25, 0.3) is 0 Å². The molecule has 74 valence electrons. The summed E-state index contributed by atoms with van der Waals surface area (Å²) in [6, 6.07) is 0. The van der Waals surface area contributed by atoms with Crippen LogP contribution in [0.15, 0.2) is 17.4 Å². The van der Waals surface area contributed by atoms with Crippen LogP contribution in [0.2, 0.25) is 0 Å². The third kappa shape index (κ3) is 3.09. The first-order valence-electron chi connectivity index (χ1n) is 4.48. The van der Waals surface area contributed by atoms with Gasteiger partial charge in [-0.25, -0.2) is 0 Å². The minimum Gasteiger partial charge on any atom is -0.272 e. The summed E-state index contributed by atoms with van der Waals surface area (Å²) in [5.74, 6) is 0. The lowest BCUT2D eigenvalue weighted by Gasteiger charge is -2.10. The van der Waals surface area contributed by atoms with Crippen LogP contribution in [-0.2, 0) is 0 Å². The largest absolute Gasteiger partial charge is 0.272 e. The van der Waals surface area contributed by atoms with Crippen molar-refractivity contribution in [3.05, 3.63) is 22.8 Å². The molecule has 0 aliphatic carbocycles. The minimum atomic E-state index is 0.118. The van der Waals surface area contributed by atoms with Gasteiger partial charge in [0, 0.05) is 16.6 Å². The lowest BCUT2D eigenvalue weighted by atomic mass is 9.95. The molecule has 0 unspecified atom stereocenters. The fourth-order valence-corrected chi connectivity index (χ4v) is 1.13. The standard InChI is InChI=1S/C11H15N3/c1-11(2,3)5-9-7-13-14-8-10(9)6-12-4/h5-8H,4H2,1-3H3/b9-5-,10-6-. The molecule has 1 aromatic rings. The summed E-state index contributed by atoms with van der Waals surface area (Å²) in [6.07, 6.45) is 7.25. The van der Waals surface area contributed by atoms with Crippen LogP contribution in [-0.4, -0.2) is 16.9 Å². The van der Waals surface area contributed by atoms with Gasteiger partial charge in [-0.2, -0.15) is 10.2 Å². The molecule has 0 N–H and O–H groups in total. The molecular formula is C11H15N3. The van der Waals surface area contributed by atoms with Gasteiger partial charge in [0.1, 0.15) is 0 Å². The maximum Gasteiger partial charge on any atom is 0.0590 e. The quantitative estimate of drug-likeness (QED) is 0.611. The van der Waals surface area contributed by atoms with Crippen LogP contribution in [0.1, 0.15) is 20.8 Å². The zero-order valence-electron chi connectivity index (χ0n) is 8.86. The molecule has 3 heteroatoms. The Morgan fingerprint density at radius 1 is 1.21 bits per heavy atom. The molecule has 0 bridgehead atoms. The first-order chi connectivity index (χ1) is 6.53. The minimum absolute atomic E-state index is 0.118. The molecule has 1 aromatic heterocycles. The molecule has 0 fully saturated rings. The molecule has 14 heavy (non-hydrogen) atoms. The molecule has 0 saturated carbocycles. The first kappa shape index (κ1) is 10.6. The Morgan fingerprint density at radius 3 is 2.29 bits per heavy atom. The third-order valence-electron chi connectivity index (χ3n) is 1.61. The second-order valence-electron chi connectivity index (χ2n) is 4.22. The van der Waals surface area contributed by atoms with Gasteiger partial charge >= 0.3 is 0 Å². The highest BCUT2D eigenvalue weighted by Gasteiger charge is 2.04. The molecule has 0 aromatic carbocycles. The number of aliphatic imine (C=N–C) groups is 1. The number of aromatic nitrogens is 2. The monoisotopic (exact) mass is 189 g/mol. The Labute approximate surface area is 83.9 Å². The van der Waals surface area contributed by atoms with Gasteiger partial charge in [-0.3, -0.25) is 4.99 Å². The normalized spacial score (nSPS) is 14.5. The van der Waals surface area contributed by atoms with Crippen molar-refractivity contribution >= 4 is 19.0 Å². The number of hydrogen-bond donors (Lipinski definition) is 0. The lowest BCUT2D eigenvalue weighted by Crippen LogP contribution is -2.27. The highest BCUT2D eigenvalue weighted by Crippen LogP contribution is 2.13. The summed E-state index contributed by atoms with van der Waals surface area (Å²) in [5.41, 5.74) is 0.118. The van der Waals surface area contributed by atoms with E-state index in [9.17, 15) is 0 Å². The summed E-state index contributed by atoms with van der Waals surface area (Å²) in [4.78, 5) is 3.73. The lowest BCUT2D eigenvalue weighted by molar-refractivity contribution is 0.583. The fourth-order valence-electron chi connectivity index (χ4n) is 1.13. The van der Waals surface area contributed by atoms with Gasteiger partial charge in [-0.15, -0.1) is 0 Å². The maximum absolute atomic E-state index is 3.85. The van der Waals surface area contributed by atoms with E-state index in [1.807, 2.05) is 0 Å². The summed E-state index contributed by atoms with van der Waals surface area (Å²) >= 11 is 0. The zero-order valence-corrected chi connectivity index (χ0v) is 8.86. The highest BCUT2D eigenvalue weighted by molar-refractivity contribution is 5.38. The Balaban J connectivity index is 3.42. The van der Waals surface area contributed by atoms with E-state index >= 15 is 0 Å². The Bertz CT molecular complexity index is 427. The van der Waals surface area contributed by atoms with E-state index in [-0.39, 0.29) is 5.41 Å². The van der Waals surface area contributed by atoms with Crippen LogP contribution >= 0.6 is 0 Å². The number of hydrogen-bond acceptors (Lipinski definition) is 3. The Kier molecular flexibility index (Phi) is 3.12. The summed E-state index contributed by atoms with van der Waals surface area (Å²) in [7, 11) is 0. The molecule has 0 saturated heterocycles. The molecule has 3 nitrogen and oxygen atoms in total. The van der Waals surface area contributed by atoms with Gasteiger partial charge in [0.15, 0.2) is 0 Å². The summed E-state index contributed by atoms with van der Waals surface area (Å²) < 4.78 is 0. The fraction of sp³-hybridized carbons (Fsp3) is 0.364. The smallest absolute Gasteiger partial charge is 0.0590 e. The molecule has 1 heterocycles. The predicted octanol–water partition coefficient (Wildman–Crippen LogP) is 0.742. The van der Waals surface area contributed by atoms with E-state index in [4.69, 9.17) is 0 Å². The van der Waals surface area contributed by atoms with Crippen molar-refractivity contribution in [2.24, 2.45) is 10.4 Å². The van der Waals surface area contributed by atoms with Crippen LogP contribution in [0.5, 0.6) is 0 Å². The van der Waals surface area contributed by atoms with Crippen LogP contribution in [0.25, 0.3) is 12.3 Å². The molecule has 0 atom stereocenters. The van der Waals surface area contributed by atoms with Gasteiger partial charge in [-0.1, -0.05) is 26.8 Å². The second-order valence-corrected chi connectivity index (χ2v) is 4.22. The van der Waals surface area contributed by atoms with Crippen molar-refractivity contribution in [2.45, 2.75) is 20.8 Å². The van der Waals surface area contributed by atoms with Crippen LogP contribution < -0.4 is 10.4 Å². The van der Waals surface area contributed by atoms with Gasteiger partial charge in [0.2, 0.25) is 0 Å². The van der Waals surface area contributed by atoms with Crippen LogP contribution in [0.4, 0.5) is 0 Å². The summed E-state index contributed by atoms with van der Waals surface area (Å²) in [5, 5.41) is 9.64. The third-order valence-corrected chi connectivity index (χ3v) is 1.61. The van der Waals surface area contributed by atoms with E-state index in [2.05, 4.69) is 48.8 Å². The van der Waals surface area contributed by atoms with Crippen molar-refractivity contribution in [3.63, 3.8) is 0 Å². The van der Waals surface area contributed by atoms with Gasteiger partial charge in [0.05, 0.1) is 12.4 Å². The molecular weight excluding hydrogens is 174 g/mol. The molecule has 0 aliphatic rings. The van der Waals surface area contributed by atoms with Gasteiger partial charge in [-0.05, 0) is 12.1 Å². The average molecular weight is 189 g/mol. The number of rotatable bonds is 1. The predicted molar refractivity (Wildman–Crippen MR) is 59.2 cm³/mol. The van der Waals surface area contributed by atoms with Crippen molar-refractivity contribution in [3.8, 4) is 0 Å². The molecule has 0 radical (unpaired) electrons. The van der Waals surface area contributed by atoms with E-state index in [0.717, 1.165) is 10.4 Å². The van der Waals surface area contributed by atoms with E-state index in [0.29, 0.717) is 0 Å². The van der Waals surface area contributed by atoms with E-state index in [1.165, 1.54) is 0 Å². The Hall–Kier alpha value is -1.51. The number of nitrogens with zero attached hydrogens (tertiary/aromatic N) is 3. The molecule has 0 amide bonds. The highest BCUT2D eigenvalue weighted by atomic mass is 15.1. The Morgan fingerprint density at radius 2 is 1.79 bits per heavy atom. The average Bonchev–Trinajstić information content (AvgIpc) is 2.06. The van der Waals surface area contributed by atoms with Gasteiger partial charge < -0.3 is 0 Å². The topological polar surface area (TPSA) is 38.1 Å². The van der Waals surface area contributed by atoms with E-state index in [1.54, 1.807) is 18.6 Å². The maximum atomic E-state index is 3.85. The SMILES string of the molecule is C=N/C=c1/cnnc/c1=C/C(C)(C)C. The first-order valence-corrected chi connectivity index (χ1v) is 4.48. The van der Waals surface area contributed by atoms with Crippen molar-refractivity contribution in [1.29, 1.82) is 0 Å². The molecule has 0 spiro atoms. The molecule has 1 rings (SSSR count). The summed E-state index contributed by atoms with van der Waals surface area (Å²) in [6.45, 7) is 9.84. The second kappa shape index (κ2) is 4.13. The van der Waals surface area contributed by atoms with Crippen molar-refractivity contribution in [1.82, 2.24) is 10.2 Å². The van der Waals surface area contributed by atoms with Crippen LogP contribution in [0, 0.1) is 5.41 Å². The van der Waals surface area contributed by atoms with E-state index < -0.39 is 0 Å². The zero-order chi connectivity index (χ0) is 10.6. The van der Waals surface area contributed by atoms with Crippen molar-refractivity contribution < 1.29 is 0 Å².